The molecule has 2 aromatic rings. The van der Waals surface area contributed by atoms with E-state index in [4.69, 9.17) is 16.3 Å². The molecular weight excluding hydrogens is 426 g/mol. The molecule has 1 N–H and O–H groups in total. The number of rotatable bonds is 7. The number of halogens is 2. The molecule has 0 radical (unpaired) electrons. The second-order valence-corrected chi connectivity index (χ2v) is 8.29. The Labute approximate surface area is 174 Å². The highest BCUT2D eigenvalue weighted by Crippen LogP contribution is 2.41. The molecule has 0 saturated carbocycles. The molecular formula is C22H25BrClNO2. The zero-order chi connectivity index (χ0) is 19.3. The summed E-state index contributed by atoms with van der Waals surface area (Å²) in [5, 5.41) is 12.6. The Morgan fingerprint density at radius 2 is 1.78 bits per heavy atom. The van der Waals surface area contributed by atoms with Gasteiger partial charge >= 0.3 is 0 Å². The van der Waals surface area contributed by atoms with Crippen molar-refractivity contribution >= 4 is 27.5 Å². The first kappa shape index (κ1) is 20.6. The average molecular weight is 451 g/mol. The number of hydrogen-bond acceptors (Lipinski definition) is 3. The van der Waals surface area contributed by atoms with E-state index in [0.717, 1.165) is 48.4 Å². The van der Waals surface area contributed by atoms with Gasteiger partial charge in [-0.1, -0.05) is 57.9 Å². The summed E-state index contributed by atoms with van der Waals surface area (Å²) in [5.74, 6) is -0.118. The third kappa shape index (κ3) is 5.01. The summed E-state index contributed by atoms with van der Waals surface area (Å²) in [6.07, 6.45) is 2.26. The maximum Gasteiger partial charge on any atom is 0.101 e. The number of nitrogens with zero attached hydrogens (tertiary/aromatic N) is 1. The molecule has 0 amide bonds. The molecule has 0 spiro atoms. The number of ether oxygens (including phenoxy) is 1. The highest BCUT2D eigenvalue weighted by Gasteiger charge is 2.39. The molecule has 1 heterocycles. The predicted molar refractivity (Wildman–Crippen MR) is 114 cm³/mol. The van der Waals surface area contributed by atoms with E-state index < -0.39 is 5.60 Å². The van der Waals surface area contributed by atoms with Crippen molar-refractivity contribution in [3.05, 3.63) is 81.8 Å². The standard InChI is InChI=1S/C22H25BrClNO2/c1-2-11-22(26,18-5-7-19(23)8-6-18)21(16-25-12-14-27-15-13-25)17-3-9-20(24)10-4-17/h2-10,21,26H,1,11-16H2/t21-,22-/m0/s1. The lowest BCUT2D eigenvalue weighted by Crippen LogP contribution is -2.44. The van der Waals surface area contributed by atoms with Crippen LogP contribution in [0.1, 0.15) is 23.5 Å². The van der Waals surface area contributed by atoms with E-state index in [-0.39, 0.29) is 5.92 Å². The monoisotopic (exact) mass is 449 g/mol. The van der Waals surface area contributed by atoms with Gasteiger partial charge in [0.1, 0.15) is 5.60 Å². The Hall–Kier alpha value is -1.17. The van der Waals surface area contributed by atoms with Crippen LogP contribution in [0.5, 0.6) is 0 Å². The van der Waals surface area contributed by atoms with Crippen molar-refractivity contribution in [2.45, 2.75) is 17.9 Å². The normalized spacial score (nSPS) is 18.6. The first-order chi connectivity index (χ1) is 13.0. The first-order valence-corrected chi connectivity index (χ1v) is 10.3. The summed E-state index contributed by atoms with van der Waals surface area (Å²) < 4.78 is 6.48. The van der Waals surface area contributed by atoms with Crippen molar-refractivity contribution in [2.75, 3.05) is 32.8 Å². The third-order valence-electron chi connectivity index (χ3n) is 5.19. The van der Waals surface area contributed by atoms with E-state index in [0.29, 0.717) is 11.4 Å². The lowest BCUT2D eigenvalue weighted by atomic mass is 9.75. The van der Waals surface area contributed by atoms with Crippen molar-refractivity contribution in [1.29, 1.82) is 0 Å². The number of aliphatic hydroxyl groups is 1. The molecule has 0 aromatic heterocycles. The number of morpholine rings is 1. The second-order valence-electron chi connectivity index (χ2n) is 6.94. The van der Waals surface area contributed by atoms with Gasteiger partial charge in [0.15, 0.2) is 0 Å². The maximum atomic E-state index is 11.9. The highest BCUT2D eigenvalue weighted by atomic mass is 79.9. The Balaban J connectivity index is 2.02. The summed E-state index contributed by atoms with van der Waals surface area (Å²) in [6.45, 7) is 7.84. The van der Waals surface area contributed by atoms with Crippen molar-refractivity contribution in [1.82, 2.24) is 4.90 Å². The van der Waals surface area contributed by atoms with Crippen molar-refractivity contribution in [3.8, 4) is 0 Å². The zero-order valence-electron chi connectivity index (χ0n) is 15.3. The molecule has 1 saturated heterocycles. The molecule has 27 heavy (non-hydrogen) atoms. The van der Waals surface area contributed by atoms with Crippen LogP contribution >= 0.6 is 27.5 Å². The van der Waals surface area contributed by atoms with Gasteiger partial charge in [0.25, 0.3) is 0 Å². The minimum absolute atomic E-state index is 0.118. The van der Waals surface area contributed by atoms with Gasteiger partial charge < -0.3 is 9.84 Å². The maximum absolute atomic E-state index is 11.9. The summed E-state index contributed by atoms with van der Waals surface area (Å²) in [5.41, 5.74) is 0.895. The van der Waals surface area contributed by atoms with Crippen molar-refractivity contribution in [3.63, 3.8) is 0 Å². The molecule has 1 aliphatic rings. The fourth-order valence-corrected chi connectivity index (χ4v) is 4.08. The molecule has 2 atom stereocenters. The summed E-state index contributed by atoms with van der Waals surface area (Å²) in [7, 11) is 0. The molecule has 1 fully saturated rings. The van der Waals surface area contributed by atoms with Gasteiger partial charge in [-0.3, -0.25) is 4.90 Å². The minimum atomic E-state index is -1.06. The second kappa shape index (κ2) is 9.35. The summed E-state index contributed by atoms with van der Waals surface area (Å²) in [4.78, 5) is 2.36. The molecule has 2 aromatic carbocycles. The minimum Gasteiger partial charge on any atom is -0.384 e. The molecule has 3 nitrogen and oxygen atoms in total. The Morgan fingerprint density at radius 1 is 1.15 bits per heavy atom. The fraction of sp³-hybridized carbons (Fsp3) is 0.364. The van der Waals surface area contributed by atoms with Crippen LogP contribution in [0.4, 0.5) is 0 Å². The van der Waals surface area contributed by atoms with Crippen LogP contribution in [0, 0.1) is 0 Å². The van der Waals surface area contributed by atoms with E-state index in [1.54, 1.807) is 6.08 Å². The Morgan fingerprint density at radius 3 is 2.37 bits per heavy atom. The van der Waals surface area contributed by atoms with Crippen LogP contribution in [0.2, 0.25) is 5.02 Å². The van der Waals surface area contributed by atoms with Gasteiger partial charge in [-0.25, -0.2) is 0 Å². The van der Waals surface area contributed by atoms with E-state index in [1.165, 1.54) is 0 Å². The molecule has 3 rings (SSSR count). The molecule has 5 heteroatoms. The van der Waals surface area contributed by atoms with Crippen LogP contribution in [0.15, 0.2) is 65.7 Å². The van der Waals surface area contributed by atoms with Crippen molar-refractivity contribution < 1.29 is 9.84 Å². The van der Waals surface area contributed by atoms with E-state index >= 15 is 0 Å². The van der Waals surface area contributed by atoms with Gasteiger partial charge in [0.2, 0.25) is 0 Å². The van der Waals surface area contributed by atoms with E-state index in [2.05, 4.69) is 27.4 Å². The number of hydrogen-bond donors (Lipinski definition) is 1. The largest absolute Gasteiger partial charge is 0.384 e. The smallest absolute Gasteiger partial charge is 0.101 e. The average Bonchev–Trinajstić information content (AvgIpc) is 2.68. The zero-order valence-corrected chi connectivity index (χ0v) is 17.6. The molecule has 0 bridgehead atoms. The first-order valence-electron chi connectivity index (χ1n) is 9.18. The molecule has 1 aliphatic heterocycles. The van der Waals surface area contributed by atoms with Crippen LogP contribution in [-0.2, 0) is 10.3 Å². The van der Waals surface area contributed by atoms with Crippen LogP contribution in [0.25, 0.3) is 0 Å². The van der Waals surface area contributed by atoms with E-state index in [9.17, 15) is 5.11 Å². The van der Waals surface area contributed by atoms with Crippen LogP contribution in [-0.4, -0.2) is 42.9 Å². The lowest BCUT2D eigenvalue weighted by Gasteiger charge is -2.40. The topological polar surface area (TPSA) is 32.7 Å². The van der Waals surface area contributed by atoms with Gasteiger partial charge in [-0.2, -0.15) is 0 Å². The number of benzene rings is 2. The third-order valence-corrected chi connectivity index (χ3v) is 5.97. The van der Waals surface area contributed by atoms with Gasteiger partial charge in [0, 0.05) is 35.0 Å². The van der Waals surface area contributed by atoms with Crippen molar-refractivity contribution in [2.24, 2.45) is 0 Å². The van der Waals surface area contributed by atoms with E-state index in [1.807, 2.05) is 48.5 Å². The summed E-state index contributed by atoms with van der Waals surface area (Å²) >= 11 is 9.59. The van der Waals surface area contributed by atoms with Crippen LogP contribution < -0.4 is 0 Å². The van der Waals surface area contributed by atoms with Gasteiger partial charge in [-0.15, -0.1) is 6.58 Å². The lowest BCUT2D eigenvalue weighted by molar-refractivity contribution is -0.0206. The Bertz CT molecular complexity index is 744. The SMILES string of the molecule is C=CC[C@](O)(c1ccc(Br)cc1)[C@@H](CN1CCOCC1)c1ccc(Cl)cc1. The summed E-state index contributed by atoms with van der Waals surface area (Å²) in [6, 6.07) is 15.7. The predicted octanol–water partition coefficient (Wildman–Crippen LogP) is 4.98. The highest BCUT2D eigenvalue weighted by molar-refractivity contribution is 9.10. The molecule has 0 unspecified atom stereocenters. The van der Waals surface area contributed by atoms with Gasteiger partial charge in [0.05, 0.1) is 13.2 Å². The molecule has 144 valence electrons. The van der Waals surface area contributed by atoms with Crippen LogP contribution in [0.3, 0.4) is 0 Å². The quantitative estimate of drug-likeness (QED) is 0.604. The fourth-order valence-electron chi connectivity index (χ4n) is 3.69. The Kier molecular flexibility index (Phi) is 7.12. The molecule has 0 aliphatic carbocycles. The van der Waals surface area contributed by atoms with Gasteiger partial charge in [-0.05, 0) is 41.8 Å².